The van der Waals surface area contributed by atoms with Crippen LogP contribution in [0.3, 0.4) is 0 Å². The standard InChI is InChI=1S/C11H19N5O2/c1-11(2,3)8-14-9(12)16-10(15-8)13-6-5-7(17)18-4/h5-6H2,1-4H3,(H3,12,13,14,15,16). The topological polar surface area (TPSA) is 103 Å². The Hall–Kier alpha value is -1.92. The van der Waals surface area contributed by atoms with Gasteiger partial charge in [0.1, 0.15) is 5.82 Å². The average molecular weight is 253 g/mol. The van der Waals surface area contributed by atoms with E-state index in [1.165, 1.54) is 7.11 Å². The predicted molar refractivity (Wildman–Crippen MR) is 68.1 cm³/mol. The summed E-state index contributed by atoms with van der Waals surface area (Å²) in [5.41, 5.74) is 5.41. The van der Waals surface area contributed by atoms with Crippen LogP contribution in [0.5, 0.6) is 0 Å². The number of nitrogens with zero attached hydrogens (tertiary/aromatic N) is 3. The van der Waals surface area contributed by atoms with Crippen molar-refractivity contribution in [2.45, 2.75) is 32.6 Å². The maximum absolute atomic E-state index is 11.0. The number of hydrogen-bond acceptors (Lipinski definition) is 7. The number of nitrogen functional groups attached to an aromatic ring is 1. The van der Waals surface area contributed by atoms with Gasteiger partial charge in [-0.1, -0.05) is 20.8 Å². The molecule has 0 aliphatic carbocycles. The van der Waals surface area contributed by atoms with Gasteiger partial charge >= 0.3 is 5.97 Å². The van der Waals surface area contributed by atoms with Crippen molar-refractivity contribution >= 4 is 17.9 Å². The third-order valence-corrected chi connectivity index (χ3v) is 2.16. The van der Waals surface area contributed by atoms with E-state index in [0.717, 1.165) is 0 Å². The highest BCUT2D eigenvalue weighted by Crippen LogP contribution is 2.19. The maximum Gasteiger partial charge on any atom is 0.307 e. The Morgan fingerprint density at radius 1 is 1.33 bits per heavy atom. The summed E-state index contributed by atoms with van der Waals surface area (Å²) in [4.78, 5) is 23.3. The van der Waals surface area contributed by atoms with Crippen LogP contribution in [-0.4, -0.2) is 34.6 Å². The van der Waals surface area contributed by atoms with Crippen LogP contribution < -0.4 is 11.1 Å². The second-order valence-electron chi connectivity index (χ2n) is 4.84. The van der Waals surface area contributed by atoms with Crippen molar-refractivity contribution in [3.05, 3.63) is 5.82 Å². The number of nitrogens with two attached hydrogens (primary N) is 1. The lowest BCUT2D eigenvalue weighted by Crippen LogP contribution is -2.20. The van der Waals surface area contributed by atoms with Crippen LogP contribution in [0.25, 0.3) is 0 Å². The van der Waals surface area contributed by atoms with E-state index >= 15 is 0 Å². The zero-order valence-corrected chi connectivity index (χ0v) is 11.1. The van der Waals surface area contributed by atoms with Gasteiger partial charge in [-0.2, -0.15) is 15.0 Å². The van der Waals surface area contributed by atoms with E-state index < -0.39 is 0 Å². The van der Waals surface area contributed by atoms with Gasteiger partial charge < -0.3 is 15.8 Å². The summed E-state index contributed by atoms with van der Waals surface area (Å²) in [5.74, 6) is 0.850. The number of carbonyl (C=O) groups excluding carboxylic acids is 1. The van der Waals surface area contributed by atoms with Gasteiger partial charge in [-0.05, 0) is 0 Å². The largest absolute Gasteiger partial charge is 0.469 e. The van der Waals surface area contributed by atoms with Gasteiger partial charge in [0.25, 0.3) is 0 Å². The quantitative estimate of drug-likeness (QED) is 0.762. The highest BCUT2D eigenvalue weighted by Gasteiger charge is 2.19. The van der Waals surface area contributed by atoms with E-state index in [1.54, 1.807) is 0 Å². The number of ether oxygens (including phenoxy) is 1. The van der Waals surface area contributed by atoms with Crippen LogP contribution in [0.2, 0.25) is 0 Å². The van der Waals surface area contributed by atoms with Gasteiger partial charge in [-0.3, -0.25) is 4.79 Å². The fourth-order valence-electron chi connectivity index (χ4n) is 1.19. The molecule has 18 heavy (non-hydrogen) atoms. The fraction of sp³-hybridized carbons (Fsp3) is 0.636. The van der Waals surface area contributed by atoms with Gasteiger partial charge in [0.05, 0.1) is 13.5 Å². The Morgan fingerprint density at radius 3 is 2.56 bits per heavy atom. The number of carbonyl (C=O) groups is 1. The molecule has 1 aromatic heterocycles. The van der Waals surface area contributed by atoms with Crippen molar-refractivity contribution in [1.29, 1.82) is 0 Å². The minimum atomic E-state index is -0.291. The summed E-state index contributed by atoms with van der Waals surface area (Å²) < 4.78 is 4.53. The molecule has 7 nitrogen and oxygen atoms in total. The molecule has 3 N–H and O–H groups in total. The second-order valence-corrected chi connectivity index (χ2v) is 4.84. The highest BCUT2D eigenvalue weighted by atomic mass is 16.5. The van der Waals surface area contributed by atoms with Crippen LogP contribution in [-0.2, 0) is 14.9 Å². The van der Waals surface area contributed by atoms with Crippen LogP contribution in [0, 0.1) is 0 Å². The van der Waals surface area contributed by atoms with Crippen molar-refractivity contribution in [3.63, 3.8) is 0 Å². The van der Waals surface area contributed by atoms with Crippen molar-refractivity contribution in [2.24, 2.45) is 0 Å². The average Bonchev–Trinajstić information content (AvgIpc) is 2.27. The molecule has 0 radical (unpaired) electrons. The lowest BCUT2D eigenvalue weighted by Gasteiger charge is -2.17. The number of rotatable bonds is 4. The van der Waals surface area contributed by atoms with E-state index in [0.29, 0.717) is 18.3 Å². The van der Waals surface area contributed by atoms with Gasteiger partial charge in [0.2, 0.25) is 11.9 Å². The van der Waals surface area contributed by atoms with Crippen molar-refractivity contribution < 1.29 is 9.53 Å². The molecule has 0 unspecified atom stereocenters. The van der Waals surface area contributed by atoms with Gasteiger partial charge in [-0.15, -0.1) is 0 Å². The third-order valence-electron chi connectivity index (χ3n) is 2.16. The van der Waals surface area contributed by atoms with Crippen LogP contribution in [0.15, 0.2) is 0 Å². The maximum atomic E-state index is 11.0. The zero-order chi connectivity index (χ0) is 13.8. The molecule has 100 valence electrons. The lowest BCUT2D eigenvalue weighted by atomic mass is 9.96. The van der Waals surface area contributed by atoms with E-state index in [9.17, 15) is 4.79 Å². The third kappa shape index (κ3) is 4.15. The molecule has 0 aliphatic heterocycles. The minimum Gasteiger partial charge on any atom is -0.469 e. The molecule has 0 spiro atoms. The Bertz CT molecular complexity index is 428. The molecule has 0 atom stereocenters. The Balaban J connectivity index is 2.72. The highest BCUT2D eigenvalue weighted by molar-refractivity contribution is 5.69. The number of methoxy groups -OCH3 is 1. The smallest absolute Gasteiger partial charge is 0.307 e. The molecule has 0 fully saturated rings. The molecule has 0 bridgehead atoms. The molecular weight excluding hydrogens is 234 g/mol. The van der Waals surface area contributed by atoms with E-state index in [-0.39, 0.29) is 23.8 Å². The van der Waals surface area contributed by atoms with Crippen LogP contribution in [0.1, 0.15) is 33.0 Å². The first kappa shape index (κ1) is 14.1. The van der Waals surface area contributed by atoms with E-state index in [1.807, 2.05) is 20.8 Å². The summed E-state index contributed by atoms with van der Waals surface area (Å²) >= 11 is 0. The summed E-state index contributed by atoms with van der Waals surface area (Å²) in [5, 5.41) is 2.92. The molecule has 0 saturated carbocycles. The number of aromatic nitrogens is 3. The minimum absolute atomic E-state index is 0.162. The summed E-state index contributed by atoms with van der Waals surface area (Å²) in [6, 6.07) is 0. The van der Waals surface area contributed by atoms with Gasteiger partial charge in [-0.25, -0.2) is 0 Å². The lowest BCUT2D eigenvalue weighted by molar-refractivity contribution is -0.140. The van der Waals surface area contributed by atoms with Gasteiger partial charge in [0.15, 0.2) is 0 Å². The van der Waals surface area contributed by atoms with Crippen LogP contribution in [0.4, 0.5) is 11.9 Å². The van der Waals surface area contributed by atoms with Crippen molar-refractivity contribution in [1.82, 2.24) is 15.0 Å². The van der Waals surface area contributed by atoms with Crippen LogP contribution >= 0.6 is 0 Å². The normalized spacial score (nSPS) is 11.1. The SMILES string of the molecule is COC(=O)CCNc1nc(N)nc(C(C)(C)C)n1. The second kappa shape index (κ2) is 5.61. The molecule has 0 aromatic carbocycles. The Labute approximate surface area is 106 Å². The monoisotopic (exact) mass is 253 g/mol. The zero-order valence-electron chi connectivity index (χ0n) is 11.1. The fourth-order valence-corrected chi connectivity index (χ4v) is 1.19. The molecule has 1 heterocycles. The Kier molecular flexibility index (Phi) is 4.41. The first-order chi connectivity index (χ1) is 8.32. The van der Waals surface area contributed by atoms with E-state index in [4.69, 9.17) is 5.73 Å². The first-order valence-electron chi connectivity index (χ1n) is 5.65. The summed E-state index contributed by atoms with van der Waals surface area (Å²) in [7, 11) is 1.35. The molecule has 0 saturated heterocycles. The van der Waals surface area contributed by atoms with Crippen molar-refractivity contribution in [2.75, 3.05) is 24.7 Å². The molecular formula is C11H19N5O2. The Morgan fingerprint density at radius 2 is 2.00 bits per heavy atom. The van der Waals surface area contributed by atoms with Crippen molar-refractivity contribution in [3.8, 4) is 0 Å². The van der Waals surface area contributed by atoms with E-state index in [2.05, 4.69) is 25.0 Å². The molecule has 7 heteroatoms. The summed E-state index contributed by atoms with van der Waals surface area (Å²) in [6.07, 6.45) is 0.243. The van der Waals surface area contributed by atoms with Gasteiger partial charge in [0, 0.05) is 12.0 Å². The first-order valence-corrected chi connectivity index (χ1v) is 5.65. The molecule has 0 aliphatic rings. The molecule has 1 rings (SSSR count). The number of nitrogens with one attached hydrogen (secondary N) is 1. The predicted octanol–water partition coefficient (Wildman–Crippen LogP) is 0.726. The molecule has 0 amide bonds. The molecule has 1 aromatic rings. The number of hydrogen-bond donors (Lipinski definition) is 2. The number of anilines is 2. The summed E-state index contributed by atoms with van der Waals surface area (Å²) in [6.45, 7) is 6.35. The number of esters is 1.